The third-order valence-electron chi connectivity index (χ3n) is 17.7. The number of primary amides is 1. The van der Waals surface area contributed by atoms with Crippen molar-refractivity contribution in [2.45, 2.75) is 156 Å². The number of amides is 7. The van der Waals surface area contributed by atoms with Gasteiger partial charge in [-0.1, -0.05) is 55.2 Å². The molecule has 7 heterocycles. The van der Waals surface area contributed by atoms with Gasteiger partial charge in [0.1, 0.15) is 102 Å². The van der Waals surface area contributed by atoms with Gasteiger partial charge in [0.25, 0.3) is 0 Å². The standard InChI is InChI=1S/C66H75Cl2N9O23/c1-24(2)12-35(71-5)59(89)76-50-52(84)27-7-10-40(33(67)14-27)96-42-16-29-17-43(56(42)100-65-57(55(87)54(86)44(23-79)98-65)99-46-21-66(4,70)58(88)25(3)95-46)97-41-11-8-28(15-34(41)68)53(85)51-64(94)73-37(22-78)31-18-30(80)19-39(82)47(31)32-13-26(6-9-38(32)81)48(61(91)77-51)75-62(92)49(29)74-60(90)36(20-45(69)83)72-63(50)93/h6-11,13-19,22,24-25,35-37,44,46,48-55,57-58,65,71,79-82,84-88H,12,20-21,23,70H2,1-5H3,(H2,69,83)(H,72,93)(H,73,94)(H,74,90)(H,75,92)(H,76,89)(H,77,91)/t25-,35+,36-,37+,44+,46?,48+,49?,50+,51-,52+,53+,54+,55-,57+,58+,65-,66-/m0/s1. The molecule has 100 heavy (non-hydrogen) atoms. The highest BCUT2D eigenvalue weighted by Gasteiger charge is 2.51. The van der Waals surface area contributed by atoms with Gasteiger partial charge in [-0.25, -0.2) is 0 Å². The van der Waals surface area contributed by atoms with Crippen molar-refractivity contribution >= 4 is 70.8 Å². The fourth-order valence-electron chi connectivity index (χ4n) is 12.4. The van der Waals surface area contributed by atoms with Crippen molar-refractivity contribution in [1.82, 2.24) is 37.2 Å². The second-order valence-electron chi connectivity index (χ2n) is 25.6. The summed E-state index contributed by atoms with van der Waals surface area (Å²) in [6, 6.07) is 0.573. The quantitative estimate of drug-likeness (QED) is 0.0701. The molecule has 12 rings (SSSR count). The van der Waals surface area contributed by atoms with Gasteiger partial charge in [-0.2, -0.15) is 0 Å². The molecule has 11 bridgehead atoms. The van der Waals surface area contributed by atoms with E-state index in [0.717, 1.165) is 60.7 Å². The third kappa shape index (κ3) is 15.5. The van der Waals surface area contributed by atoms with E-state index in [-0.39, 0.29) is 74.9 Å². The first kappa shape index (κ1) is 73.7. The molecular weight excluding hydrogens is 1360 g/mol. The lowest BCUT2D eigenvalue weighted by atomic mass is 9.86. The Kier molecular flexibility index (Phi) is 22.2. The predicted molar refractivity (Wildman–Crippen MR) is 348 cm³/mol. The minimum absolute atomic E-state index is 0.0894. The molecule has 7 amide bonds. The van der Waals surface area contributed by atoms with Crippen LogP contribution in [0.15, 0.2) is 78.9 Å². The van der Waals surface area contributed by atoms with E-state index >= 15 is 14.4 Å². The summed E-state index contributed by atoms with van der Waals surface area (Å²) in [4.78, 5) is 117. The Morgan fingerprint density at radius 2 is 1.34 bits per heavy atom. The minimum atomic E-state index is -2.32. The predicted octanol–water partition coefficient (Wildman–Crippen LogP) is 0.221. The molecule has 34 heteroatoms. The molecule has 2 saturated heterocycles. The van der Waals surface area contributed by atoms with E-state index in [9.17, 15) is 69.9 Å². The zero-order valence-electron chi connectivity index (χ0n) is 54.0. The Morgan fingerprint density at radius 3 is 1.93 bits per heavy atom. The summed E-state index contributed by atoms with van der Waals surface area (Å²) < 4.78 is 38.3. The number of hydrogen-bond donors (Lipinski definition) is 18. The number of ether oxygens (including phenoxy) is 6. The van der Waals surface area contributed by atoms with Gasteiger partial charge in [-0.15, -0.1) is 0 Å². The summed E-state index contributed by atoms with van der Waals surface area (Å²) in [5.74, 6) is -13.4. The minimum Gasteiger partial charge on any atom is -0.508 e. The first-order valence-electron chi connectivity index (χ1n) is 31.5. The molecule has 32 nitrogen and oxygen atoms in total. The smallest absolute Gasteiger partial charge is 0.248 e. The molecule has 7 aliphatic heterocycles. The van der Waals surface area contributed by atoms with Gasteiger partial charge >= 0.3 is 0 Å². The number of fused-ring (bicyclic) bond motifs is 15. The van der Waals surface area contributed by atoms with Crippen LogP contribution in [0.3, 0.4) is 0 Å². The van der Waals surface area contributed by atoms with Gasteiger partial charge in [0.15, 0.2) is 23.9 Å². The van der Waals surface area contributed by atoms with E-state index < -0.39 is 209 Å². The zero-order valence-corrected chi connectivity index (χ0v) is 55.5. The molecule has 0 spiro atoms. The van der Waals surface area contributed by atoms with Crippen LogP contribution in [0.4, 0.5) is 0 Å². The summed E-state index contributed by atoms with van der Waals surface area (Å²) in [6.45, 7) is 5.70. The zero-order chi connectivity index (χ0) is 72.7. The second kappa shape index (κ2) is 30.1. The molecule has 20 N–H and O–H groups in total. The first-order valence-corrected chi connectivity index (χ1v) is 32.2. The SMILES string of the molecule is CN[C@H](CC(C)C)C(=O)N[C@H]1C(=O)N[C@@H](CC(N)=O)C(=O)NC2C(=O)N[C@H]3C(=O)N[C@H](C(=O)N[C@H](C=O)c4cc(O)cc(O)c4-c4cc3ccc4O)[C@H](O)c3ccc(c(Cl)c3)Oc3cc2cc(c3O[C@@H]2O[C@H](CO)[C@@H](O)[C@H](O)[C@H]2OC2C[C@](C)(N)[C@H](O)[C@H](C)O2)Oc2ccc(cc2Cl)[C@H]1O. The van der Waals surface area contributed by atoms with E-state index in [1.807, 2.05) is 13.8 Å². The number of halogens is 2. The highest BCUT2D eigenvalue weighted by atomic mass is 35.5. The van der Waals surface area contributed by atoms with E-state index in [1.165, 1.54) is 39.1 Å². The number of aliphatic hydroxyl groups excluding tert-OH is 6. The molecule has 2 unspecified atom stereocenters. The average molecular weight is 1430 g/mol. The molecule has 7 aliphatic rings. The van der Waals surface area contributed by atoms with Crippen LogP contribution in [0.1, 0.15) is 105 Å². The Morgan fingerprint density at radius 1 is 0.730 bits per heavy atom. The van der Waals surface area contributed by atoms with Crippen molar-refractivity contribution in [2.75, 3.05) is 13.7 Å². The first-order chi connectivity index (χ1) is 47.3. The van der Waals surface area contributed by atoms with Crippen molar-refractivity contribution in [1.29, 1.82) is 0 Å². The van der Waals surface area contributed by atoms with E-state index in [4.69, 9.17) is 63.1 Å². The molecule has 18 atom stereocenters. The maximum atomic E-state index is 16.0. The van der Waals surface area contributed by atoms with Crippen LogP contribution >= 0.6 is 23.2 Å². The molecular formula is C66H75Cl2N9O23. The monoisotopic (exact) mass is 1430 g/mol. The molecule has 5 aromatic rings. The molecule has 5 aromatic carbocycles. The Bertz CT molecular complexity index is 4020. The summed E-state index contributed by atoms with van der Waals surface area (Å²) in [6.07, 6.45) is -18.1. The van der Waals surface area contributed by atoms with E-state index in [2.05, 4.69) is 37.2 Å². The second-order valence-corrected chi connectivity index (χ2v) is 26.4. The van der Waals surface area contributed by atoms with Crippen molar-refractivity contribution in [3.63, 3.8) is 0 Å². The van der Waals surface area contributed by atoms with Gasteiger partial charge < -0.3 is 128 Å². The number of phenolic OH excluding ortho intramolecular Hbond substituents is 3. The van der Waals surface area contributed by atoms with E-state index in [0.29, 0.717) is 0 Å². The highest BCUT2D eigenvalue weighted by Crippen LogP contribution is 2.50. The molecule has 0 saturated carbocycles. The van der Waals surface area contributed by atoms with Crippen LogP contribution in [0, 0.1) is 5.92 Å². The number of hydrogen-bond acceptors (Lipinski definition) is 25. The summed E-state index contributed by atoms with van der Waals surface area (Å²) in [5, 5.41) is 120. The van der Waals surface area contributed by atoms with Gasteiger partial charge in [0.2, 0.25) is 53.4 Å². The molecule has 536 valence electrons. The van der Waals surface area contributed by atoms with Gasteiger partial charge in [0, 0.05) is 29.2 Å². The van der Waals surface area contributed by atoms with Crippen molar-refractivity contribution in [3.8, 4) is 57.1 Å². The Labute approximate surface area is 579 Å². The van der Waals surface area contributed by atoms with Crippen LogP contribution in [0.5, 0.6) is 46.0 Å². The van der Waals surface area contributed by atoms with Crippen LogP contribution in [0.2, 0.25) is 10.0 Å². The number of likely N-dealkylation sites (N-methyl/N-ethyl adjacent to an activating group) is 1. The maximum absolute atomic E-state index is 16.0. The number of carbonyl (C=O) groups excluding carboxylic acids is 8. The number of nitrogens with one attached hydrogen (secondary N) is 7. The maximum Gasteiger partial charge on any atom is 0.248 e. The average Bonchev–Trinajstić information content (AvgIpc) is 0.770. The molecule has 0 radical (unpaired) electrons. The van der Waals surface area contributed by atoms with Crippen LogP contribution in [-0.2, 0) is 52.6 Å². The number of rotatable bonds is 13. The number of aldehydes is 1. The van der Waals surface area contributed by atoms with Crippen molar-refractivity contribution in [3.05, 3.63) is 117 Å². The van der Waals surface area contributed by atoms with Gasteiger partial charge in [-0.3, -0.25) is 33.6 Å². The molecule has 0 aliphatic carbocycles. The van der Waals surface area contributed by atoms with Gasteiger partial charge in [0.05, 0.1) is 41.3 Å². The lowest BCUT2D eigenvalue weighted by Crippen LogP contribution is -2.64. The lowest BCUT2D eigenvalue weighted by Gasteiger charge is -2.47. The number of phenols is 3. The van der Waals surface area contributed by atoms with Crippen molar-refractivity contribution < 1.29 is 113 Å². The number of aliphatic hydroxyl groups is 6. The molecule has 2 fully saturated rings. The lowest BCUT2D eigenvalue weighted by molar-refractivity contribution is -0.333. The summed E-state index contributed by atoms with van der Waals surface area (Å²) in [7, 11) is 1.48. The summed E-state index contributed by atoms with van der Waals surface area (Å²) in [5.41, 5.74) is 8.67. The molecule has 0 aromatic heterocycles. The normalized spacial score (nSPS) is 29.6. The Balaban J connectivity index is 1.24. The highest BCUT2D eigenvalue weighted by molar-refractivity contribution is 6.32. The van der Waals surface area contributed by atoms with Crippen molar-refractivity contribution in [2.24, 2.45) is 17.4 Å². The number of nitrogens with two attached hydrogens (primary N) is 2. The fourth-order valence-corrected chi connectivity index (χ4v) is 12.9. The van der Waals surface area contributed by atoms with Crippen LogP contribution in [-0.4, -0.2) is 186 Å². The van der Waals surface area contributed by atoms with Crippen LogP contribution < -0.4 is 62.9 Å². The Hall–Kier alpha value is -9.00. The largest absolute Gasteiger partial charge is 0.508 e. The third-order valence-corrected chi connectivity index (χ3v) is 18.3. The van der Waals surface area contributed by atoms with Gasteiger partial charge in [-0.05, 0) is 116 Å². The van der Waals surface area contributed by atoms with E-state index in [1.54, 1.807) is 0 Å². The number of carbonyl (C=O) groups is 8. The number of aromatic hydroxyl groups is 3. The topological polar surface area (TPSA) is 510 Å². The summed E-state index contributed by atoms with van der Waals surface area (Å²) >= 11 is 14.1. The van der Waals surface area contributed by atoms with Crippen LogP contribution in [0.25, 0.3) is 11.1 Å². The fraction of sp³-hybridized carbons (Fsp3) is 0.424. The number of benzene rings is 5.